The van der Waals surface area contributed by atoms with E-state index in [1.165, 1.54) is 40.7 Å². The van der Waals surface area contributed by atoms with E-state index in [0.29, 0.717) is 30.9 Å². The molecule has 0 spiro atoms. The molecule has 2 aromatic rings. The number of benzene rings is 3. The minimum absolute atomic E-state index is 0.0173. The van der Waals surface area contributed by atoms with Gasteiger partial charge in [0.2, 0.25) is 10.0 Å². The van der Waals surface area contributed by atoms with Crippen LogP contribution in [0, 0.1) is 5.41 Å². The number of nitrogens with two attached hydrogens (primary N) is 1. The maximum Gasteiger partial charge on any atom is 0.336 e. The van der Waals surface area contributed by atoms with Crippen LogP contribution >= 0.6 is 0 Å². The first-order valence-electron chi connectivity index (χ1n) is 17.5. The van der Waals surface area contributed by atoms with Crippen LogP contribution in [0.5, 0.6) is 0 Å². The first kappa shape index (κ1) is 41.0. The summed E-state index contributed by atoms with van der Waals surface area (Å²) in [5, 5.41) is 21.3. The summed E-state index contributed by atoms with van der Waals surface area (Å²) in [6.07, 6.45) is 2.51. The van der Waals surface area contributed by atoms with Gasteiger partial charge in [0, 0.05) is 48.9 Å². The van der Waals surface area contributed by atoms with E-state index in [1.54, 1.807) is 13.1 Å². The van der Waals surface area contributed by atoms with Gasteiger partial charge < -0.3 is 25.4 Å². The summed E-state index contributed by atoms with van der Waals surface area (Å²) in [5.41, 5.74) is 5.62. The number of hydrogen-bond acceptors (Lipinski definition) is 13. The molecule has 0 aromatic heterocycles. The highest BCUT2D eigenvalue weighted by Crippen LogP contribution is 2.46. The minimum Gasteiger partial charge on any atom is -0.478 e. The number of aromatic carboxylic acids is 1. The molecule has 19 heteroatoms. The summed E-state index contributed by atoms with van der Waals surface area (Å²) in [7, 11) is -7.94. The lowest BCUT2D eigenvalue weighted by Gasteiger charge is -2.25. The van der Waals surface area contributed by atoms with E-state index in [4.69, 9.17) is 20.4 Å². The van der Waals surface area contributed by atoms with Crippen molar-refractivity contribution in [3.05, 3.63) is 59.5 Å². The van der Waals surface area contributed by atoms with E-state index >= 15 is 0 Å². The van der Waals surface area contributed by atoms with Crippen molar-refractivity contribution in [2.75, 3.05) is 32.4 Å². The van der Waals surface area contributed by atoms with Crippen LogP contribution in [0.2, 0.25) is 0 Å². The summed E-state index contributed by atoms with van der Waals surface area (Å²) >= 11 is 0. The largest absolute Gasteiger partial charge is 0.478 e. The number of carboxylic acids is 1. The van der Waals surface area contributed by atoms with E-state index in [2.05, 4.69) is 5.32 Å². The van der Waals surface area contributed by atoms with Crippen LogP contribution in [0.4, 0.5) is 5.69 Å². The number of amides is 2. The number of unbranched alkanes of at least 4 members (excludes halogenated alkanes) is 4. The number of nitrogens with one attached hydrogen (secondary N) is 2. The second-order valence-corrected chi connectivity index (χ2v) is 16.1. The summed E-state index contributed by atoms with van der Waals surface area (Å²) in [5.74, 6) is -3.90. The van der Waals surface area contributed by atoms with E-state index < -0.39 is 70.4 Å². The molecule has 2 amide bonds. The molecule has 0 bridgehead atoms. The number of fused-ring (bicyclic) bond motifs is 2. The highest BCUT2D eigenvalue weighted by Gasteiger charge is 2.35. The number of carboxylic acid groups (broad SMARTS) is 1. The van der Waals surface area contributed by atoms with E-state index in [9.17, 15) is 45.7 Å². The van der Waals surface area contributed by atoms with Crippen molar-refractivity contribution >= 4 is 60.6 Å². The number of rotatable bonds is 18. The van der Waals surface area contributed by atoms with Gasteiger partial charge in [-0.2, -0.15) is 12.7 Å². The normalized spacial score (nSPS) is 13.7. The number of imide groups is 1. The van der Waals surface area contributed by atoms with Crippen molar-refractivity contribution in [1.82, 2.24) is 14.7 Å². The van der Waals surface area contributed by atoms with Crippen LogP contribution in [0.1, 0.15) is 68.1 Å². The predicted molar refractivity (Wildman–Crippen MR) is 197 cm³/mol. The van der Waals surface area contributed by atoms with Crippen molar-refractivity contribution < 1.29 is 54.9 Å². The zero-order valence-corrected chi connectivity index (χ0v) is 31.5. The zero-order chi connectivity index (χ0) is 40.1. The lowest BCUT2D eigenvalue weighted by Crippen LogP contribution is -2.34. The molecule has 17 nitrogen and oxygen atoms in total. The van der Waals surface area contributed by atoms with Gasteiger partial charge in [-0.05, 0) is 75.2 Å². The molecule has 1 aliphatic carbocycles. The average Bonchev–Trinajstić information content (AvgIpc) is 3.43. The Hall–Kier alpha value is -5.21. The van der Waals surface area contributed by atoms with Crippen LogP contribution in [-0.4, -0.2) is 86.3 Å². The molecule has 2 aromatic carbocycles. The topological polar surface area (TPSA) is 268 Å². The maximum absolute atomic E-state index is 14.8. The van der Waals surface area contributed by atoms with Crippen molar-refractivity contribution in [1.29, 1.82) is 5.41 Å². The van der Waals surface area contributed by atoms with Gasteiger partial charge in [-0.1, -0.05) is 31.0 Å². The molecule has 55 heavy (non-hydrogen) atoms. The Morgan fingerprint density at radius 1 is 0.909 bits per heavy atom. The predicted octanol–water partition coefficient (Wildman–Crippen LogP) is 3.76. The molecule has 0 radical (unpaired) electrons. The minimum atomic E-state index is -5.15. The number of nitrogens with zero attached hydrogens (tertiary/aromatic N) is 2. The molecule has 0 unspecified atom stereocenters. The molecule has 294 valence electrons. The zero-order valence-electron chi connectivity index (χ0n) is 29.9. The summed E-state index contributed by atoms with van der Waals surface area (Å²) < 4.78 is 72.4. The van der Waals surface area contributed by atoms with Gasteiger partial charge in [-0.25, -0.2) is 18.0 Å². The number of sulfonamides is 1. The Labute approximate surface area is 316 Å². The van der Waals surface area contributed by atoms with E-state index in [0.717, 1.165) is 12.5 Å². The third kappa shape index (κ3) is 8.86. The Morgan fingerprint density at radius 3 is 2.20 bits per heavy atom. The fourth-order valence-electron chi connectivity index (χ4n) is 6.47. The van der Waals surface area contributed by atoms with Crippen LogP contribution in [-0.2, 0) is 39.4 Å². The van der Waals surface area contributed by atoms with Gasteiger partial charge in [-0.15, -0.1) is 5.06 Å². The fraction of sp³-hybridized carbons (Fsp3) is 0.361. The Morgan fingerprint density at radius 2 is 1.56 bits per heavy atom. The first-order valence-corrected chi connectivity index (χ1v) is 20.3. The molecule has 2 aliphatic heterocycles. The summed E-state index contributed by atoms with van der Waals surface area (Å²) in [6.45, 7) is 0.699. The SMILES string of the molecule is CNCCCCCN(CCCCCC(=O)ON1C(=O)CCC1=O)S(=O)(=O)c1c(N)ccc2c(-c3ccccc3C(=O)O)c3ccc(=N)c(S(=O)(=O)O)c-3oc12. The fourth-order valence-corrected chi connectivity index (χ4v) is 8.95. The molecular formula is C36H41N5O12S2. The quantitative estimate of drug-likeness (QED) is 0.0316. The highest BCUT2D eigenvalue weighted by atomic mass is 32.2. The Kier molecular flexibility index (Phi) is 12.7. The standard InChI is InChI=1S/C36H41N5O12S2/c1-39-19-7-3-9-21-40(20-8-2-4-12-30(44)53-41-28(42)17-18-29(41)43)54(47,48)34-26(37)15-13-24-31(22-10-5-6-11-23(22)36(45)46)25-14-16-27(38)35(55(49,50)51)33(25)52-32(24)34/h5-6,10-11,13-16,38-39H,2-4,7-9,12,17-21,37H2,1H3,(H,45,46)(H,49,50,51). The average molecular weight is 800 g/mol. The van der Waals surface area contributed by atoms with Crippen LogP contribution in [0.3, 0.4) is 0 Å². The monoisotopic (exact) mass is 799 g/mol. The van der Waals surface area contributed by atoms with Gasteiger partial charge >= 0.3 is 11.9 Å². The third-order valence-corrected chi connectivity index (χ3v) is 12.0. The molecule has 1 saturated heterocycles. The number of hydroxylamine groups is 2. The first-order chi connectivity index (χ1) is 26.1. The van der Waals surface area contributed by atoms with Crippen molar-refractivity contribution in [3.8, 4) is 22.5 Å². The number of nitrogen functional groups attached to an aromatic ring is 1. The smallest absolute Gasteiger partial charge is 0.336 e. The highest BCUT2D eigenvalue weighted by molar-refractivity contribution is 7.89. The molecule has 0 saturated carbocycles. The molecule has 6 N–H and O–H groups in total. The second-order valence-electron chi connectivity index (χ2n) is 12.9. The van der Waals surface area contributed by atoms with Crippen LogP contribution in [0.25, 0.3) is 33.4 Å². The lowest BCUT2D eigenvalue weighted by atomic mass is 9.90. The number of carbonyl (C=O) groups is 4. The van der Waals surface area contributed by atoms with Gasteiger partial charge in [0.25, 0.3) is 21.9 Å². The van der Waals surface area contributed by atoms with Gasteiger partial charge in [0.15, 0.2) is 16.2 Å². The second kappa shape index (κ2) is 17.1. The molecule has 0 atom stereocenters. The maximum atomic E-state index is 14.8. The number of anilines is 1. The van der Waals surface area contributed by atoms with E-state index in [-0.39, 0.29) is 78.5 Å². The van der Waals surface area contributed by atoms with Crippen molar-refractivity contribution in [2.24, 2.45) is 0 Å². The summed E-state index contributed by atoms with van der Waals surface area (Å²) in [6, 6.07) is 11.0. The van der Waals surface area contributed by atoms with Gasteiger partial charge in [0.05, 0.1) is 16.6 Å². The van der Waals surface area contributed by atoms with Gasteiger partial charge in [0.1, 0.15) is 4.90 Å². The third-order valence-electron chi connectivity index (χ3n) is 9.10. The van der Waals surface area contributed by atoms with E-state index in [1.807, 2.05) is 0 Å². The van der Waals surface area contributed by atoms with Crippen molar-refractivity contribution in [3.63, 3.8) is 0 Å². The Balaban J connectivity index is 1.58. The van der Waals surface area contributed by atoms with Crippen molar-refractivity contribution in [2.45, 2.75) is 67.6 Å². The molecule has 3 aliphatic rings. The number of carbonyl (C=O) groups excluding carboxylic acids is 3. The van der Waals surface area contributed by atoms with Crippen LogP contribution < -0.4 is 16.4 Å². The lowest BCUT2D eigenvalue weighted by molar-refractivity contribution is -0.197. The molecule has 1 fully saturated rings. The molecular weight excluding hydrogens is 759 g/mol. The number of hydrogen-bond donors (Lipinski definition) is 5. The Bertz CT molecular complexity index is 2380. The molecule has 5 rings (SSSR count). The van der Waals surface area contributed by atoms with Crippen LogP contribution in [0.15, 0.2) is 62.7 Å². The molecule has 2 heterocycles. The summed E-state index contributed by atoms with van der Waals surface area (Å²) in [4.78, 5) is 51.7. The van der Waals surface area contributed by atoms with Gasteiger partial charge in [-0.3, -0.25) is 19.6 Å².